The van der Waals surface area contributed by atoms with Gasteiger partial charge in [0.05, 0.1) is 25.2 Å². The van der Waals surface area contributed by atoms with E-state index in [4.69, 9.17) is 14.2 Å². The molecule has 15 nitrogen and oxygen atoms in total. The molecule has 5 rings (SSSR count). The van der Waals surface area contributed by atoms with E-state index in [-0.39, 0.29) is 19.6 Å². The molecule has 1 aromatic heterocycles. The Balaban J connectivity index is 1.47. The first-order chi connectivity index (χ1) is 22.1. The fourth-order valence-corrected chi connectivity index (χ4v) is 6.49. The number of ether oxygens (including phenoxy) is 3. The van der Waals surface area contributed by atoms with Crippen LogP contribution in [0.2, 0.25) is 0 Å². The van der Waals surface area contributed by atoms with Gasteiger partial charge in [0, 0.05) is 30.6 Å². The van der Waals surface area contributed by atoms with Crippen molar-refractivity contribution in [3.63, 3.8) is 0 Å². The molecule has 3 atom stereocenters. The molecule has 16 heteroatoms. The predicted molar refractivity (Wildman–Crippen MR) is 163 cm³/mol. The van der Waals surface area contributed by atoms with E-state index in [1.807, 2.05) is 36.4 Å². The number of rotatable bonds is 6. The zero-order chi connectivity index (χ0) is 32.8. The van der Waals surface area contributed by atoms with Gasteiger partial charge in [-0.2, -0.15) is 0 Å². The van der Waals surface area contributed by atoms with E-state index in [1.54, 1.807) is 6.20 Å². The van der Waals surface area contributed by atoms with Crippen molar-refractivity contribution in [2.45, 2.75) is 42.3 Å². The van der Waals surface area contributed by atoms with E-state index in [9.17, 15) is 32.9 Å². The summed E-state index contributed by atoms with van der Waals surface area (Å²) in [5, 5.41) is 15.4. The minimum absolute atomic E-state index is 0.00474. The number of allylic oxidation sites excluding steroid dienone is 1. The Morgan fingerprint density at radius 2 is 2.02 bits per heavy atom. The van der Waals surface area contributed by atoms with Crippen LogP contribution in [0.15, 0.2) is 65.7 Å². The van der Waals surface area contributed by atoms with Crippen molar-refractivity contribution in [2.24, 2.45) is 0 Å². The number of aromatic nitrogens is 1. The van der Waals surface area contributed by atoms with Crippen LogP contribution in [-0.4, -0.2) is 86.2 Å². The molecule has 3 heterocycles. The van der Waals surface area contributed by atoms with Crippen molar-refractivity contribution in [3.8, 4) is 5.88 Å². The Kier molecular flexibility index (Phi) is 9.77. The van der Waals surface area contributed by atoms with E-state index in [0.29, 0.717) is 18.7 Å². The summed E-state index contributed by atoms with van der Waals surface area (Å²) in [5.74, 6) is -1.28. The van der Waals surface area contributed by atoms with Gasteiger partial charge in [-0.05, 0) is 42.0 Å². The number of alkyl carbamates (subject to hydrolysis) is 1. The minimum Gasteiger partial charge on any atom is -0.472 e. The lowest BCUT2D eigenvalue weighted by atomic mass is 10.1. The van der Waals surface area contributed by atoms with Crippen LogP contribution in [0.1, 0.15) is 24.8 Å². The van der Waals surface area contributed by atoms with Gasteiger partial charge in [-0.15, -0.1) is 0 Å². The van der Waals surface area contributed by atoms with Crippen LogP contribution in [0.4, 0.5) is 10.5 Å². The van der Waals surface area contributed by atoms with Crippen LogP contribution >= 0.6 is 0 Å². The molecule has 3 aromatic rings. The third-order valence-electron chi connectivity index (χ3n) is 7.53. The monoisotopic (exact) mass is 653 g/mol. The number of nitrogens with zero attached hydrogens (tertiary/aromatic N) is 3. The summed E-state index contributed by atoms with van der Waals surface area (Å²) in [4.78, 5) is 55.1. The molecule has 0 spiro atoms. The Hall–Kier alpha value is -5.09. The van der Waals surface area contributed by atoms with Gasteiger partial charge in [-0.1, -0.05) is 36.4 Å². The minimum atomic E-state index is -4.54. The Bertz CT molecular complexity index is 1800. The van der Waals surface area contributed by atoms with E-state index >= 15 is 0 Å². The zero-order valence-corrected chi connectivity index (χ0v) is 25.5. The summed E-state index contributed by atoms with van der Waals surface area (Å²) in [7, 11) is -3.37. The molecule has 0 radical (unpaired) electrons. The fourth-order valence-electron chi connectivity index (χ4n) is 5.28. The Morgan fingerprint density at radius 1 is 1.22 bits per heavy atom. The second-order valence-electron chi connectivity index (χ2n) is 10.6. The zero-order valence-electron chi connectivity index (χ0n) is 24.7. The second-order valence-corrected chi connectivity index (χ2v) is 12.3. The van der Waals surface area contributed by atoms with E-state index < -0.39 is 68.2 Å². The van der Waals surface area contributed by atoms with Gasteiger partial charge in [0.1, 0.15) is 18.2 Å². The van der Waals surface area contributed by atoms with E-state index in [0.717, 1.165) is 40.5 Å². The molecule has 2 N–H and O–H groups in total. The first-order valence-electron chi connectivity index (χ1n) is 14.3. The maximum atomic E-state index is 14.0. The molecule has 2 aliphatic rings. The van der Waals surface area contributed by atoms with Crippen LogP contribution in [0.3, 0.4) is 0 Å². The molecular weight excluding hydrogens is 622 g/mol. The third-order valence-corrected chi connectivity index (χ3v) is 9.00. The van der Waals surface area contributed by atoms with Crippen LogP contribution in [-0.2, 0) is 29.1 Å². The van der Waals surface area contributed by atoms with Crippen molar-refractivity contribution in [2.75, 3.05) is 26.8 Å². The first kappa shape index (κ1) is 32.3. The maximum absolute atomic E-state index is 14.0. The standard InChI is InChI=1S/C30H31N5O10S/c1-43-29(37)25-16-21-18-34(25)28(36)23(17-32-46(41,42)26-9-5-4-8-24(26)35(39)40)33-30(38)44-14-6-2-3-7-19-10-11-20-12-13-31-27(45-21)22(20)15-19/h3-5,7-13,15,21,23,25,32H,2,6,14,16-18H2,1H3,(H,33,38)/b7-3+/t21-,23+,25+/m1/s1. The number of hydrogen-bond acceptors (Lipinski definition) is 11. The smallest absolute Gasteiger partial charge is 0.407 e. The van der Waals surface area contributed by atoms with Crippen LogP contribution in [0.5, 0.6) is 5.88 Å². The molecule has 0 unspecified atom stereocenters. The summed E-state index contributed by atoms with van der Waals surface area (Å²) in [6, 6.07) is 9.59. The highest BCUT2D eigenvalue weighted by Crippen LogP contribution is 2.30. The highest BCUT2D eigenvalue weighted by atomic mass is 32.2. The summed E-state index contributed by atoms with van der Waals surface area (Å²) in [6.07, 6.45) is 4.74. The molecule has 2 aliphatic heterocycles. The molecule has 2 aromatic carbocycles. The summed E-state index contributed by atoms with van der Waals surface area (Å²) < 4.78 is 44.9. The summed E-state index contributed by atoms with van der Waals surface area (Å²) in [6.45, 7) is -0.843. The molecule has 0 aliphatic carbocycles. The lowest BCUT2D eigenvalue weighted by Gasteiger charge is -2.27. The molecule has 1 fully saturated rings. The second kappa shape index (κ2) is 13.9. The average Bonchev–Trinajstić information content (AvgIpc) is 3.47. The van der Waals surface area contributed by atoms with Gasteiger partial charge >= 0.3 is 12.1 Å². The van der Waals surface area contributed by atoms with Gasteiger partial charge in [0.15, 0.2) is 4.90 Å². The molecule has 4 bridgehead atoms. The molecule has 1 saturated heterocycles. The normalized spacial score (nSPS) is 21.4. The number of cyclic esters (lactones) is 1. The van der Waals surface area contributed by atoms with Crippen molar-refractivity contribution < 1.29 is 41.9 Å². The van der Waals surface area contributed by atoms with Gasteiger partial charge in [0.2, 0.25) is 21.8 Å². The van der Waals surface area contributed by atoms with Crippen molar-refractivity contribution in [1.29, 1.82) is 0 Å². The maximum Gasteiger partial charge on any atom is 0.407 e. The number of nitro benzene ring substituents is 1. The van der Waals surface area contributed by atoms with Crippen molar-refractivity contribution in [1.82, 2.24) is 19.9 Å². The number of amides is 2. The number of para-hydroxylation sites is 1. The quantitative estimate of drug-likeness (QED) is 0.225. The van der Waals surface area contributed by atoms with Crippen molar-refractivity contribution in [3.05, 3.63) is 76.5 Å². The number of esters is 1. The van der Waals surface area contributed by atoms with Crippen molar-refractivity contribution >= 4 is 50.5 Å². The lowest BCUT2D eigenvalue weighted by molar-refractivity contribution is -0.387. The number of hydrogen-bond donors (Lipinski definition) is 2. The summed E-state index contributed by atoms with van der Waals surface area (Å²) >= 11 is 0. The Labute approximate surface area is 263 Å². The molecule has 242 valence electrons. The largest absolute Gasteiger partial charge is 0.472 e. The number of carbonyl (C=O) groups is 3. The Morgan fingerprint density at radius 3 is 2.80 bits per heavy atom. The highest BCUT2D eigenvalue weighted by Gasteiger charge is 2.44. The van der Waals surface area contributed by atoms with Gasteiger partial charge in [-0.3, -0.25) is 14.9 Å². The number of methoxy groups -OCH3 is 1. The highest BCUT2D eigenvalue weighted by molar-refractivity contribution is 7.89. The molecule has 46 heavy (non-hydrogen) atoms. The topological polar surface area (TPSA) is 196 Å². The summed E-state index contributed by atoms with van der Waals surface area (Å²) in [5.41, 5.74) is 0.221. The van der Waals surface area contributed by atoms with Gasteiger partial charge in [0.25, 0.3) is 5.69 Å². The first-order valence-corrected chi connectivity index (χ1v) is 15.8. The van der Waals surface area contributed by atoms with Crippen LogP contribution in [0.25, 0.3) is 16.8 Å². The number of benzene rings is 2. The average molecular weight is 654 g/mol. The number of fused-ring (bicyclic) bond motifs is 3. The molecule has 2 amide bonds. The molecular formula is C30H31N5O10S. The van der Waals surface area contributed by atoms with E-state index in [1.165, 1.54) is 12.1 Å². The van der Waals surface area contributed by atoms with Crippen LogP contribution < -0.4 is 14.8 Å². The number of sulfonamides is 1. The SMILES string of the molecule is COC(=O)[C@@H]1C[C@@H]2CN1C(=O)[C@H](CNS(=O)(=O)c1ccccc1[N+](=O)[O-])NC(=O)OCCC/C=C/c1ccc3ccnc(c3c1)O2. The number of nitrogens with one attached hydrogen (secondary N) is 2. The van der Waals surface area contributed by atoms with Gasteiger partial charge in [-0.25, -0.2) is 27.7 Å². The van der Waals surface area contributed by atoms with E-state index in [2.05, 4.69) is 15.0 Å². The predicted octanol–water partition coefficient (Wildman–Crippen LogP) is 2.54. The lowest BCUT2D eigenvalue weighted by Crippen LogP contribution is -2.56. The molecule has 0 saturated carbocycles. The fraction of sp³-hybridized carbons (Fsp3) is 0.333. The number of nitro groups is 1. The number of pyridine rings is 1. The van der Waals surface area contributed by atoms with Gasteiger partial charge < -0.3 is 24.4 Å². The van der Waals surface area contributed by atoms with Crippen LogP contribution in [0, 0.1) is 10.1 Å². The third kappa shape index (κ3) is 7.24. The number of carbonyl (C=O) groups excluding carboxylic acids is 3.